The van der Waals surface area contributed by atoms with Crippen LogP contribution in [0.15, 0.2) is 24.4 Å². The van der Waals surface area contributed by atoms with E-state index in [1.807, 2.05) is 6.20 Å². The van der Waals surface area contributed by atoms with Crippen molar-refractivity contribution in [2.24, 2.45) is 0 Å². The van der Waals surface area contributed by atoms with Gasteiger partial charge >= 0.3 is 0 Å². The summed E-state index contributed by atoms with van der Waals surface area (Å²) in [4.78, 5) is 17.5. The Morgan fingerprint density at radius 2 is 1.80 bits per heavy atom. The topological polar surface area (TPSA) is 54.5 Å². The number of hydrogen-bond acceptors (Lipinski definition) is 3. The summed E-state index contributed by atoms with van der Waals surface area (Å²) in [6.07, 6.45) is 10.1. The molecule has 1 aliphatic rings. The molecule has 25 heavy (non-hydrogen) atoms. The van der Waals surface area contributed by atoms with E-state index in [1.54, 1.807) is 0 Å². The summed E-state index contributed by atoms with van der Waals surface area (Å²) in [7, 11) is 0. The summed E-state index contributed by atoms with van der Waals surface area (Å²) in [5.41, 5.74) is 4.64. The molecule has 1 aromatic carbocycles. The smallest absolute Gasteiger partial charge is 0.107 e. The lowest BCUT2D eigenvalue weighted by Gasteiger charge is -2.18. The van der Waals surface area contributed by atoms with Gasteiger partial charge in [-0.25, -0.2) is 9.97 Å². The molecule has 0 aliphatic heterocycles. The fourth-order valence-electron chi connectivity index (χ4n) is 3.21. The van der Waals surface area contributed by atoms with Crippen LogP contribution in [-0.2, 0) is 18.3 Å². The van der Waals surface area contributed by atoms with E-state index in [0.717, 1.165) is 58.9 Å². The fraction of sp³-hybridized carbons (Fsp3) is 0.381. The lowest BCUT2D eigenvalue weighted by Crippen LogP contribution is -2.33. The highest BCUT2D eigenvalue weighted by Crippen LogP contribution is 2.25. The minimum Gasteiger partial charge on any atom is -0.342 e. The number of aromatic amines is 1. The number of nitrogens with one attached hydrogen (secondary N) is 1. The van der Waals surface area contributed by atoms with Crippen molar-refractivity contribution in [1.82, 2.24) is 19.9 Å². The molecule has 2 aromatic heterocycles. The van der Waals surface area contributed by atoms with Crippen molar-refractivity contribution in [1.29, 1.82) is 0 Å². The minimum atomic E-state index is 0.145. The van der Waals surface area contributed by atoms with Gasteiger partial charge in [0, 0.05) is 12.6 Å². The van der Waals surface area contributed by atoms with Gasteiger partial charge in [0.15, 0.2) is 0 Å². The highest BCUT2D eigenvalue weighted by Gasteiger charge is 2.15. The van der Waals surface area contributed by atoms with Crippen LogP contribution < -0.4 is 10.7 Å². The Hall–Kier alpha value is -2.49. The molecule has 1 aliphatic carbocycles. The molecule has 3 aromatic rings. The molecule has 0 radical (unpaired) electrons. The Morgan fingerprint density at radius 3 is 2.60 bits per heavy atom. The third kappa shape index (κ3) is 3.34. The number of hydrogen-bond donors (Lipinski definition) is 1. The van der Waals surface area contributed by atoms with Crippen LogP contribution in [0.25, 0.3) is 23.2 Å². The average molecular weight is 332 g/mol. The van der Waals surface area contributed by atoms with Crippen LogP contribution in [0.5, 0.6) is 0 Å². The first-order chi connectivity index (χ1) is 12.0. The zero-order valence-corrected chi connectivity index (χ0v) is 15.1. The molecule has 128 valence electrons. The SMILES string of the molecule is CC(C)(C)c1ccc2nc(CCc3cnc4c(n3)=CCCC=4)[nH]c2c1. The van der Waals surface area contributed by atoms with Gasteiger partial charge < -0.3 is 4.98 Å². The van der Waals surface area contributed by atoms with E-state index in [4.69, 9.17) is 9.97 Å². The minimum absolute atomic E-state index is 0.145. The predicted octanol–water partition coefficient (Wildman–Crippen LogP) is 2.79. The maximum atomic E-state index is 4.74. The Labute approximate surface area is 147 Å². The van der Waals surface area contributed by atoms with E-state index < -0.39 is 0 Å². The molecule has 0 atom stereocenters. The van der Waals surface area contributed by atoms with Crippen molar-refractivity contribution in [3.63, 3.8) is 0 Å². The van der Waals surface area contributed by atoms with Gasteiger partial charge in [0.25, 0.3) is 0 Å². The summed E-state index contributed by atoms with van der Waals surface area (Å²) in [5, 5.41) is 2.05. The summed E-state index contributed by atoms with van der Waals surface area (Å²) in [5.74, 6) is 1.01. The van der Waals surface area contributed by atoms with Crippen molar-refractivity contribution in [3.05, 3.63) is 52.2 Å². The van der Waals surface area contributed by atoms with Gasteiger partial charge in [-0.2, -0.15) is 0 Å². The van der Waals surface area contributed by atoms with Crippen LogP contribution >= 0.6 is 0 Å². The van der Waals surface area contributed by atoms with E-state index in [2.05, 4.69) is 61.1 Å². The van der Waals surface area contributed by atoms with E-state index >= 15 is 0 Å². The van der Waals surface area contributed by atoms with Crippen molar-refractivity contribution in [2.45, 2.75) is 51.9 Å². The summed E-state index contributed by atoms with van der Waals surface area (Å²) >= 11 is 0. The van der Waals surface area contributed by atoms with Gasteiger partial charge in [-0.3, -0.25) is 4.98 Å². The maximum Gasteiger partial charge on any atom is 0.107 e. The monoisotopic (exact) mass is 332 g/mol. The first-order valence-electron chi connectivity index (χ1n) is 9.00. The van der Waals surface area contributed by atoms with Crippen molar-refractivity contribution >= 4 is 23.2 Å². The standard InChI is InChI=1S/C21H24N4/c1-21(2,3)14-8-10-18-19(12-14)25-20(24-18)11-9-15-13-22-16-6-4-5-7-17(16)23-15/h6-8,10,12-13H,4-5,9,11H2,1-3H3,(H,24,25). The summed E-state index contributed by atoms with van der Waals surface area (Å²) in [6.45, 7) is 6.69. The molecule has 4 rings (SSSR count). The van der Waals surface area contributed by atoms with Gasteiger partial charge in [-0.15, -0.1) is 0 Å². The molecular weight excluding hydrogens is 308 g/mol. The molecule has 2 heterocycles. The third-order valence-electron chi connectivity index (χ3n) is 4.74. The molecule has 0 amide bonds. The number of benzene rings is 1. The molecule has 0 unspecified atom stereocenters. The molecule has 0 saturated heterocycles. The normalized spacial score (nSPS) is 14.0. The highest BCUT2D eigenvalue weighted by atomic mass is 14.9. The molecule has 1 N–H and O–H groups in total. The Bertz CT molecular complexity index is 1040. The molecular formula is C21H24N4. The second-order valence-corrected chi connectivity index (χ2v) is 7.78. The van der Waals surface area contributed by atoms with Crippen molar-refractivity contribution < 1.29 is 0 Å². The Kier molecular flexibility index (Phi) is 3.91. The van der Waals surface area contributed by atoms with Crippen LogP contribution in [0, 0.1) is 0 Å². The summed E-state index contributed by atoms with van der Waals surface area (Å²) in [6, 6.07) is 6.50. The number of aromatic nitrogens is 4. The van der Waals surface area contributed by atoms with E-state index in [9.17, 15) is 0 Å². The number of nitrogens with zero attached hydrogens (tertiary/aromatic N) is 3. The van der Waals surface area contributed by atoms with Gasteiger partial charge in [-0.1, -0.05) is 39.0 Å². The van der Waals surface area contributed by atoms with E-state index in [0.29, 0.717) is 0 Å². The first kappa shape index (κ1) is 16.0. The number of fused-ring (bicyclic) bond motifs is 2. The Morgan fingerprint density at radius 1 is 1.00 bits per heavy atom. The van der Waals surface area contributed by atoms with Gasteiger partial charge in [-0.05, 0) is 42.4 Å². The molecule has 4 heteroatoms. The van der Waals surface area contributed by atoms with E-state index in [-0.39, 0.29) is 5.41 Å². The largest absolute Gasteiger partial charge is 0.342 e. The molecule has 0 spiro atoms. The number of H-pyrrole nitrogens is 1. The Balaban J connectivity index is 1.55. The predicted molar refractivity (Wildman–Crippen MR) is 102 cm³/mol. The molecule has 0 saturated carbocycles. The van der Waals surface area contributed by atoms with Crippen molar-refractivity contribution in [2.75, 3.05) is 0 Å². The van der Waals surface area contributed by atoms with Gasteiger partial charge in [0.1, 0.15) is 5.82 Å². The molecule has 0 bridgehead atoms. The van der Waals surface area contributed by atoms with E-state index in [1.165, 1.54) is 5.56 Å². The van der Waals surface area contributed by atoms with Crippen LogP contribution in [0.4, 0.5) is 0 Å². The zero-order valence-electron chi connectivity index (χ0n) is 15.1. The average Bonchev–Trinajstić information content (AvgIpc) is 3.01. The van der Waals surface area contributed by atoms with Crippen LogP contribution in [0.1, 0.15) is 50.7 Å². The quantitative estimate of drug-likeness (QED) is 0.802. The molecule has 0 fully saturated rings. The third-order valence-corrected chi connectivity index (χ3v) is 4.74. The van der Waals surface area contributed by atoms with Crippen molar-refractivity contribution in [3.8, 4) is 0 Å². The second-order valence-electron chi connectivity index (χ2n) is 7.78. The first-order valence-corrected chi connectivity index (χ1v) is 9.00. The van der Waals surface area contributed by atoms with Crippen LogP contribution in [0.3, 0.4) is 0 Å². The van der Waals surface area contributed by atoms with Crippen LogP contribution in [-0.4, -0.2) is 19.9 Å². The molecule has 4 nitrogen and oxygen atoms in total. The zero-order chi connectivity index (χ0) is 17.4. The number of aryl methyl sites for hydroxylation is 2. The second kappa shape index (κ2) is 6.10. The lowest BCUT2D eigenvalue weighted by atomic mass is 9.87. The number of imidazole rings is 1. The van der Waals surface area contributed by atoms with Crippen LogP contribution in [0.2, 0.25) is 0 Å². The fourth-order valence-corrected chi connectivity index (χ4v) is 3.21. The van der Waals surface area contributed by atoms with Gasteiger partial charge in [0.2, 0.25) is 0 Å². The lowest BCUT2D eigenvalue weighted by molar-refractivity contribution is 0.591. The van der Waals surface area contributed by atoms with Gasteiger partial charge in [0.05, 0.1) is 27.4 Å². The number of rotatable bonds is 3. The highest BCUT2D eigenvalue weighted by molar-refractivity contribution is 5.76. The summed E-state index contributed by atoms with van der Waals surface area (Å²) < 4.78 is 0. The maximum absolute atomic E-state index is 4.74.